The summed E-state index contributed by atoms with van der Waals surface area (Å²) in [6.07, 6.45) is 3.66. The molecule has 128 valence electrons. The Morgan fingerprint density at radius 2 is 2.04 bits per heavy atom. The molecule has 1 saturated heterocycles. The molecule has 0 bridgehead atoms. The van der Waals surface area contributed by atoms with Gasteiger partial charge in [-0.15, -0.1) is 0 Å². The van der Waals surface area contributed by atoms with E-state index < -0.39 is 15.1 Å². The Morgan fingerprint density at radius 3 is 2.75 bits per heavy atom. The smallest absolute Gasteiger partial charge is 0.244 e. The van der Waals surface area contributed by atoms with E-state index in [2.05, 4.69) is 5.10 Å². The first kappa shape index (κ1) is 17.0. The first-order valence-electron chi connectivity index (χ1n) is 7.68. The molecule has 6 nitrogen and oxygen atoms in total. The third-order valence-corrected chi connectivity index (χ3v) is 6.65. The molecule has 24 heavy (non-hydrogen) atoms. The number of hydrogen-bond donors (Lipinski definition) is 0. The van der Waals surface area contributed by atoms with Gasteiger partial charge in [-0.3, -0.25) is 9.48 Å². The highest BCUT2D eigenvalue weighted by Crippen LogP contribution is 2.33. The van der Waals surface area contributed by atoms with Crippen LogP contribution >= 0.6 is 11.6 Å². The van der Waals surface area contributed by atoms with Gasteiger partial charge in [0.2, 0.25) is 5.91 Å². The summed E-state index contributed by atoms with van der Waals surface area (Å²) in [6.45, 7) is 0.697. The predicted octanol–water partition coefficient (Wildman–Crippen LogP) is 1.92. The van der Waals surface area contributed by atoms with Crippen LogP contribution in [0, 0.1) is 0 Å². The summed E-state index contributed by atoms with van der Waals surface area (Å²) in [4.78, 5) is 14.0. The number of carbonyl (C=O) groups excluding carboxylic acids is 1. The second-order valence-electron chi connectivity index (χ2n) is 5.75. The van der Waals surface area contributed by atoms with E-state index in [9.17, 15) is 13.2 Å². The number of nitrogens with zero attached hydrogens (tertiary/aromatic N) is 3. The van der Waals surface area contributed by atoms with Gasteiger partial charge in [-0.05, 0) is 24.1 Å². The van der Waals surface area contributed by atoms with E-state index in [-0.39, 0.29) is 24.7 Å². The number of benzene rings is 1. The average molecular weight is 368 g/mol. The van der Waals surface area contributed by atoms with Gasteiger partial charge in [0.25, 0.3) is 0 Å². The standard InChI is InChI=1S/C16H18ClN3O3S/c17-14-5-2-1-4-13(14)15-6-9-19(10-11-24(15,22)23)16(21)12-20-8-3-7-18-20/h1-5,7-8,15H,6,9-12H2. The minimum Gasteiger partial charge on any atom is -0.340 e. The van der Waals surface area contributed by atoms with Crippen LogP contribution in [0.2, 0.25) is 5.02 Å². The number of hydrogen-bond acceptors (Lipinski definition) is 4. The van der Waals surface area contributed by atoms with Gasteiger partial charge in [-0.2, -0.15) is 5.10 Å². The number of sulfone groups is 1. The van der Waals surface area contributed by atoms with E-state index in [1.807, 2.05) is 0 Å². The van der Waals surface area contributed by atoms with Crippen LogP contribution in [0.4, 0.5) is 0 Å². The summed E-state index contributed by atoms with van der Waals surface area (Å²) < 4.78 is 26.8. The number of carbonyl (C=O) groups is 1. The molecule has 1 aromatic carbocycles. The van der Waals surface area contributed by atoms with Crippen molar-refractivity contribution in [2.45, 2.75) is 18.2 Å². The molecule has 1 amide bonds. The van der Waals surface area contributed by atoms with Gasteiger partial charge in [-0.25, -0.2) is 8.42 Å². The van der Waals surface area contributed by atoms with E-state index in [0.717, 1.165) is 0 Å². The summed E-state index contributed by atoms with van der Waals surface area (Å²) in [5, 5.41) is 3.78. The molecule has 0 spiro atoms. The molecule has 2 aromatic rings. The normalized spacial score (nSPS) is 20.5. The summed E-state index contributed by atoms with van der Waals surface area (Å²) in [5.41, 5.74) is 0.612. The molecular weight excluding hydrogens is 350 g/mol. The molecule has 1 aliphatic rings. The maximum atomic E-state index is 12.6. The third kappa shape index (κ3) is 3.62. The van der Waals surface area contributed by atoms with E-state index in [4.69, 9.17) is 11.6 Å². The van der Waals surface area contributed by atoms with Crippen molar-refractivity contribution in [1.82, 2.24) is 14.7 Å². The molecule has 1 atom stereocenters. The fourth-order valence-electron chi connectivity index (χ4n) is 2.91. The van der Waals surface area contributed by atoms with Gasteiger partial charge in [0, 0.05) is 30.5 Å². The fraction of sp³-hybridized carbons (Fsp3) is 0.375. The van der Waals surface area contributed by atoms with E-state index >= 15 is 0 Å². The molecule has 1 aliphatic heterocycles. The largest absolute Gasteiger partial charge is 0.340 e. The molecule has 0 aliphatic carbocycles. The summed E-state index contributed by atoms with van der Waals surface area (Å²) >= 11 is 6.18. The molecule has 8 heteroatoms. The van der Waals surface area contributed by atoms with Gasteiger partial charge < -0.3 is 4.90 Å². The lowest BCUT2D eigenvalue weighted by Crippen LogP contribution is -2.36. The van der Waals surface area contributed by atoms with Gasteiger partial charge in [0.05, 0.1) is 11.0 Å². The van der Waals surface area contributed by atoms with E-state index in [0.29, 0.717) is 23.6 Å². The van der Waals surface area contributed by atoms with Crippen molar-refractivity contribution >= 4 is 27.3 Å². The van der Waals surface area contributed by atoms with Crippen molar-refractivity contribution in [3.8, 4) is 0 Å². The molecule has 1 unspecified atom stereocenters. The van der Waals surface area contributed by atoms with Gasteiger partial charge in [-0.1, -0.05) is 29.8 Å². The highest BCUT2D eigenvalue weighted by atomic mass is 35.5. The zero-order chi connectivity index (χ0) is 17.2. The summed E-state index contributed by atoms with van der Waals surface area (Å²) in [6, 6.07) is 8.73. The van der Waals surface area contributed by atoms with Crippen molar-refractivity contribution in [2.75, 3.05) is 18.8 Å². The monoisotopic (exact) mass is 367 g/mol. The average Bonchev–Trinajstić information content (AvgIpc) is 2.98. The highest BCUT2D eigenvalue weighted by molar-refractivity contribution is 7.91. The van der Waals surface area contributed by atoms with Crippen molar-refractivity contribution in [1.29, 1.82) is 0 Å². The lowest BCUT2D eigenvalue weighted by atomic mass is 10.1. The zero-order valence-electron chi connectivity index (χ0n) is 13.0. The predicted molar refractivity (Wildman–Crippen MR) is 91.4 cm³/mol. The Balaban J connectivity index is 1.77. The molecular formula is C16H18ClN3O3S. The number of aromatic nitrogens is 2. The quantitative estimate of drug-likeness (QED) is 0.830. The minimum atomic E-state index is -3.36. The van der Waals surface area contributed by atoms with Crippen molar-refractivity contribution in [3.63, 3.8) is 0 Å². The van der Waals surface area contributed by atoms with Crippen molar-refractivity contribution < 1.29 is 13.2 Å². The molecule has 0 N–H and O–H groups in total. The van der Waals surface area contributed by atoms with Crippen LogP contribution in [-0.2, 0) is 21.2 Å². The first-order valence-corrected chi connectivity index (χ1v) is 9.78. The highest BCUT2D eigenvalue weighted by Gasteiger charge is 2.33. The Morgan fingerprint density at radius 1 is 1.25 bits per heavy atom. The lowest BCUT2D eigenvalue weighted by molar-refractivity contribution is -0.131. The molecule has 2 heterocycles. The van der Waals surface area contributed by atoms with Crippen LogP contribution in [0.3, 0.4) is 0 Å². The third-order valence-electron chi connectivity index (χ3n) is 4.20. The summed E-state index contributed by atoms with van der Waals surface area (Å²) in [5.74, 6) is -0.193. The molecule has 0 saturated carbocycles. The van der Waals surface area contributed by atoms with Crippen molar-refractivity contribution in [2.24, 2.45) is 0 Å². The van der Waals surface area contributed by atoms with E-state index in [1.165, 1.54) is 4.68 Å². The van der Waals surface area contributed by atoms with Crippen LogP contribution in [-0.4, -0.2) is 47.8 Å². The Labute approximate surface area is 145 Å². The van der Waals surface area contributed by atoms with Crippen LogP contribution in [0.5, 0.6) is 0 Å². The Hall–Kier alpha value is -1.86. The van der Waals surface area contributed by atoms with E-state index in [1.54, 1.807) is 47.6 Å². The topological polar surface area (TPSA) is 72.3 Å². The zero-order valence-corrected chi connectivity index (χ0v) is 14.6. The number of rotatable bonds is 3. The Bertz CT molecular complexity index is 821. The van der Waals surface area contributed by atoms with Gasteiger partial charge >= 0.3 is 0 Å². The molecule has 1 fully saturated rings. The fourth-order valence-corrected chi connectivity index (χ4v) is 5.06. The maximum absolute atomic E-state index is 12.6. The second kappa shape index (κ2) is 6.94. The SMILES string of the molecule is O=C(Cn1cccn1)N1CCC(c2ccccc2Cl)S(=O)(=O)CC1. The second-order valence-corrected chi connectivity index (χ2v) is 8.46. The molecule has 1 aromatic heterocycles. The van der Waals surface area contributed by atoms with Crippen LogP contribution in [0.1, 0.15) is 17.2 Å². The lowest BCUT2D eigenvalue weighted by Gasteiger charge is -2.20. The molecule has 3 rings (SSSR count). The van der Waals surface area contributed by atoms with Gasteiger partial charge in [0.15, 0.2) is 9.84 Å². The van der Waals surface area contributed by atoms with Crippen molar-refractivity contribution in [3.05, 3.63) is 53.3 Å². The number of amides is 1. The first-order chi connectivity index (χ1) is 11.5. The minimum absolute atomic E-state index is 0.0618. The van der Waals surface area contributed by atoms with Crippen LogP contribution < -0.4 is 0 Å². The Kier molecular flexibility index (Phi) is 4.91. The van der Waals surface area contributed by atoms with Crippen LogP contribution in [0.15, 0.2) is 42.7 Å². The van der Waals surface area contributed by atoms with Crippen LogP contribution in [0.25, 0.3) is 0 Å². The number of halogens is 1. The maximum Gasteiger partial charge on any atom is 0.244 e. The van der Waals surface area contributed by atoms with Gasteiger partial charge in [0.1, 0.15) is 6.54 Å². The molecule has 0 radical (unpaired) electrons. The summed E-state index contributed by atoms with van der Waals surface area (Å²) in [7, 11) is -3.36.